The van der Waals surface area contributed by atoms with Crippen molar-refractivity contribution in [1.29, 1.82) is 5.26 Å². The number of likely N-dealkylation sites (N-methyl/N-ethyl adjacent to an activating group) is 1. The molecule has 4 atom stereocenters. The van der Waals surface area contributed by atoms with Gasteiger partial charge < -0.3 is 36.3 Å². The number of phenolic OH excluding ortho intramolecular Hbond substituents is 1. The normalized spacial score (nSPS) is 16.6. The number of aromatic nitrogens is 2. The van der Waals surface area contributed by atoms with Crippen LogP contribution >= 0.6 is 13.5 Å². The first-order valence-corrected chi connectivity index (χ1v) is 24.4. The highest BCUT2D eigenvalue weighted by Gasteiger charge is 2.37. The van der Waals surface area contributed by atoms with Gasteiger partial charge in [0.25, 0.3) is 10.2 Å². The van der Waals surface area contributed by atoms with Crippen LogP contribution in [0.3, 0.4) is 0 Å². The van der Waals surface area contributed by atoms with Crippen molar-refractivity contribution in [1.82, 2.24) is 24.9 Å². The van der Waals surface area contributed by atoms with E-state index in [-0.39, 0.29) is 104 Å². The van der Waals surface area contributed by atoms with Crippen molar-refractivity contribution in [3.05, 3.63) is 88.2 Å². The van der Waals surface area contributed by atoms with Crippen molar-refractivity contribution in [2.45, 2.75) is 91.1 Å². The lowest BCUT2D eigenvalue weighted by Gasteiger charge is -2.32. The van der Waals surface area contributed by atoms with E-state index < -0.39 is 82.7 Å². The van der Waals surface area contributed by atoms with Crippen LogP contribution in [0.2, 0.25) is 0 Å². The standard InChI is InChI=1S/C50H63N9O10S.H2S/c1-28-21-42(63)46(59(7)49(65)34(27-55-70(54,66)67)25-41(62)45-29(2)56-47(57-30(45)3)31-10-13-35(14-11-31)50(4,5)6)32-12-15-43(68-19-17-52)37(22-32)36-23-33(44(26-40(36)61)69-20-18-53)24-38(58-48(28)64)39(60)9-8-16-51;/h10-15,22-23,26,28,34,38,46,55,61H,8-9,17-21,24-25,27,52-53H2,1-7H3,(H,58,64)(H2,54,66,67);1H2/t28-,34+,38+,46+;/m1./s1. The molecular weight excluding hydrogens is 951 g/mol. The predicted molar refractivity (Wildman–Crippen MR) is 272 cm³/mol. The highest BCUT2D eigenvalue weighted by Crippen LogP contribution is 2.43. The second kappa shape index (κ2) is 24.7. The van der Waals surface area contributed by atoms with Gasteiger partial charge in [0.15, 0.2) is 23.2 Å². The molecule has 0 aliphatic carbocycles. The second-order valence-corrected chi connectivity index (χ2v) is 19.8. The number of aryl methyl sites for hydroxylation is 2. The number of hydrogen-bond acceptors (Lipinski definition) is 15. The lowest BCUT2D eigenvalue weighted by Crippen LogP contribution is -2.47. The number of aromatic hydroxyl groups is 1. The second-order valence-electron chi connectivity index (χ2n) is 18.5. The molecule has 1 aliphatic rings. The highest BCUT2D eigenvalue weighted by molar-refractivity contribution is 7.87. The smallest absolute Gasteiger partial charge is 0.274 e. The van der Waals surface area contributed by atoms with Crippen LogP contribution in [-0.2, 0) is 41.2 Å². The average molecular weight is 1020 g/mol. The summed E-state index contributed by atoms with van der Waals surface area (Å²) in [4.78, 5) is 81.9. The number of nitrogens with zero attached hydrogens (tertiary/aromatic N) is 4. The molecule has 2 heterocycles. The summed E-state index contributed by atoms with van der Waals surface area (Å²) in [5, 5.41) is 29.0. The van der Waals surface area contributed by atoms with Crippen molar-refractivity contribution in [3.8, 4) is 45.8 Å². The Kier molecular flexibility index (Phi) is 19.9. The fourth-order valence-electron chi connectivity index (χ4n) is 8.35. The van der Waals surface area contributed by atoms with Gasteiger partial charge in [-0.05, 0) is 54.2 Å². The van der Waals surface area contributed by atoms with Gasteiger partial charge in [-0.25, -0.2) is 19.8 Å². The SMILES string of the molecule is Cc1nc(-c2ccc(C(C)(C)C)cc2)nc(C)c1C(=O)C[C@@H](CNS(N)(=O)=O)C(=O)N(C)[C@@H]1C(=O)C[C@@H](C)C(=O)N[C@H](C(=O)CCC#N)Cc2cc(c(O)cc2OCCN)-c2cc1ccc2OCCN.S. The first-order valence-electron chi connectivity index (χ1n) is 22.9. The summed E-state index contributed by atoms with van der Waals surface area (Å²) in [6, 6.07) is 14.5. The first kappa shape index (κ1) is 57.3. The number of ketones is 3. The molecule has 2 amide bonds. The van der Waals surface area contributed by atoms with E-state index in [9.17, 15) is 42.8 Å². The molecule has 0 saturated heterocycles. The van der Waals surface area contributed by atoms with Crippen LogP contribution in [0.1, 0.15) is 97.9 Å². The first-order chi connectivity index (χ1) is 33.0. The van der Waals surface area contributed by atoms with E-state index in [1.54, 1.807) is 19.9 Å². The summed E-state index contributed by atoms with van der Waals surface area (Å²) < 4.78 is 38.7. The monoisotopic (exact) mass is 1020 g/mol. The van der Waals surface area contributed by atoms with Gasteiger partial charge in [0.2, 0.25) is 11.8 Å². The van der Waals surface area contributed by atoms with E-state index in [0.717, 1.165) is 16.0 Å². The van der Waals surface area contributed by atoms with Gasteiger partial charge in [-0.15, -0.1) is 0 Å². The zero-order valence-corrected chi connectivity index (χ0v) is 42.9. The van der Waals surface area contributed by atoms with Crippen molar-refractivity contribution in [2.75, 3.05) is 39.9 Å². The summed E-state index contributed by atoms with van der Waals surface area (Å²) in [7, 11) is -3.09. The van der Waals surface area contributed by atoms with Gasteiger partial charge in [-0.2, -0.15) is 27.2 Å². The molecular formula is C50H65N9O10S2. The summed E-state index contributed by atoms with van der Waals surface area (Å²) in [5.41, 5.74) is 15.1. The molecule has 0 fully saturated rings. The van der Waals surface area contributed by atoms with Crippen LogP contribution in [0, 0.1) is 37.0 Å². The molecule has 71 heavy (non-hydrogen) atoms. The Labute approximate surface area is 421 Å². The third-order valence-corrected chi connectivity index (χ3v) is 12.6. The minimum atomic E-state index is -4.41. The number of nitrogens with one attached hydrogen (secondary N) is 2. The van der Waals surface area contributed by atoms with Gasteiger partial charge in [-0.3, -0.25) is 24.0 Å². The van der Waals surface area contributed by atoms with E-state index in [1.165, 1.54) is 38.2 Å². The molecule has 0 spiro atoms. The van der Waals surface area contributed by atoms with Gasteiger partial charge in [-0.1, -0.05) is 58.0 Å². The Morgan fingerprint density at radius 1 is 0.958 bits per heavy atom. The number of Topliss-reactive ketones (excluding diaryl/α,β-unsaturated/α-hetero) is 3. The molecule has 4 aromatic rings. The number of nitrogens with two attached hydrogens (primary N) is 3. The molecule has 1 aromatic heterocycles. The van der Waals surface area contributed by atoms with E-state index in [2.05, 4.69) is 40.8 Å². The number of ether oxygens (including phenoxy) is 2. The predicted octanol–water partition coefficient (Wildman–Crippen LogP) is 3.91. The minimum absolute atomic E-state index is 0. The third-order valence-electron chi connectivity index (χ3n) is 12.0. The average Bonchev–Trinajstić information content (AvgIpc) is 3.29. The van der Waals surface area contributed by atoms with Crippen LogP contribution in [0.5, 0.6) is 17.2 Å². The van der Waals surface area contributed by atoms with Crippen molar-refractivity contribution in [3.63, 3.8) is 0 Å². The van der Waals surface area contributed by atoms with Crippen LogP contribution in [0.15, 0.2) is 54.6 Å². The topological polar surface area (TPSA) is 313 Å². The lowest BCUT2D eigenvalue weighted by atomic mass is 9.86. The largest absolute Gasteiger partial charge is 0.507 e. The molecule has 5 rings (SSSR count). The number of rotatable bonds is 18. The number of carbonyl (C=O) groups excluding carboxylic acids is 5. The van der Waals surface area contributed by atoms with Crippen LogP contribution in [0.4, 0.5) is 0 Å². The number of nitriles is 1. The molecule has 9 N–H and O–H groups in total. The molecule has 1 aliphatic heterocycles. The van der Waals surface area contributed by atoms with E-state index in [0.29, 0.717) is 22.8 Å². The lowest BCUT2D eigenvalue weighted by molar-refractivity contribution is -0.142. The Bertz CT molecular complexity index is 2750. The Balaban J connectivity index is 0.0000110. The van der Waals surface area contributed by atoms with E-state index in [4.69, 9.17) is 26.1 Å². The fraction of sp³-hybridized carbons (Fsp3) is 0.440. The maximum Gasteiger partial charge on any atom is 0.274 e. The highest BCUT2D eigenvalue weighted by atomic mass is 32.2. The minimum Gasteiger partial charge on any atom is -0.507 e. The van der Waals surface area contributed by atoms with Gasteiger partial charge in [0, 0.05) is 87.5 Å². The van der Waals surface area contributed by atoms with Gasteiger partial charge >= 0.3 is 0 Å². The number of phenols is 1. The van der Waals surface area contributed by atoms with Gasteiger partial charge in [0.05, 0.1) is 35.0 Å². The van der Waals surface area contributed by atoms with E-state index in [1.807, 2.05) is 30.3 Å². The van der Waals surface area contributed by atoms with Crippen LogP contribution < -0.4 is 36.1 Å². The summed E-state index contributed by atoms with van der Waals surface area (Å²) in [6.45, 7) is 10.7. The molecule has 19 nitrogen and oxygen atoms in total. The molecule has 382 valence electrons. The maximum absolute atomic E-state index is 14.9. The fourth-order valence-corrected chi connectivity index (χ4v) is 8.79. The number of hydrogen-bond donors (Lipinski definition) is 6. The van der Waals surface area contributed by atoms with Crippen molar-refractivity contribution < 1.29 is 47.0 Å². The van der Waals surface area contributed by atoms with Crippen LogP contribution in [-0.4, -0.2) is 103 Å². The number of carbonyl (C=O) groups is 5. The van der Waals surface area contributed by atoms with Crippen molar-refractivity contribution >= 4 is 52.9 Å². The van der Waals surface area contributed by atoms with Gasteiger partial charge in [0.1, 0.15) is 36.5 Å². The third kappa shape index (κ3) is 14.6. The Morgan fingerprint density at radius 2 is 1.58 bits per heavy atom. The molecule has 3 aromatic carbocycles. The van der Waals surface area contributed by atoms with Crippen LogP contribution in [0.25, 0.3) is 22.5 Å². The Morgan fingerprint density at radius 3 is 2.15 bits per heavy atom. The Hall–Kier alpha value is -6.28. The summed E-state index contributed by atoms with van der Waals surface area (Å²) in [6.07, 6.45) is -1.48. The zero-order chi connectivity index (χ0) is 51.7. The number of amides is 2. The van der Waals surface area contributed by atoms with E-state index >= 15 is 0 Å². The maximum atomic E-state index is 14.9. The zero-order valence-electron chi connectivity index (χ0n) is 41.1. The molecule has 0 saturated carbocycles. The molecule has 4 bridgehead atoms. The summed E-state index contributed by atoms with van der Waals surface area (Å²) in [5.74, 6) is -5.25. The number of benzene rings is 3. The molecule has 0 unspecified atom stereocenters. The molecule has 21 heteroatoms. The number of fused-ring (bicyclic) bond motifs is 5. The quantitative estimate of drug-likeness (QED) is 0.0770. The summed E-state index contributed by atoms with van der Waals surface area (Å²) >= 11 is 0. The van der Waals surface area contributed by atoms with Crippen molar-refractivity contribution in [2.24, 2.45) is 28.4 Å². The molecule has 0 radical (unpaired) electrons.